The van der Waals surface area contributed by atoms with Gasteiger partial charge in [-0.1, -0.05) is 24.6 Å². The first-order chi connectivity index (χ1) is 10.2. The highest BCUT2D eigenvalue weighted by Crippen LogP contribution is 2.51. The van der Waals surface area contributed by atoms with Gasteiger partial charge in [-0.05, 0) is 37.2 Å². The Balaban J connectivity index is 1.67. The van der Waals surface area contributed by atoms with Gasteiger partial charge in [-0.15, -0.1) is 0 Å². The van der Waals surface area contributed by atoms with E-state index in [1.807, 2.05) is 0 Å². The fourth-order valence-corrected chi connectivity index (χ4v) is 3.22. The number of fused-ring (bicyclic) bond motifs is 1. The molecule has 3 atom stereocenters. The van der Waals surface area contributed by atoms with Crippen LogP contribution in [0.1, 0.15) is 25.7 Å². The number of allylic oxidation sites excluding steroid dienone is 2. The lowest BCUT2D eigenvalue weighted by Crippen LogP contribution is -2.15. The van der Waals surface area contributed by atoms with Gasteiger partial charge in [0.15, 0.2) is 0 Å². The molecule has 110 valence electrons. The minimum Gasteiger partial charge on any atom is -0.326 e. The van der Waals surface area contributed by atoms with Crippen LogP contribution in [-0.4, -0.2) is 10.8 Å². The molecule has 0 radical (unpaired) electrons. The van der Waals surface area contributed by atoms with Gasteiger partial charge < -0.3 is 5.32 Å². The number of carbonyl (C=O) groups excluding carboxylic acids is 1. The molecule has 0 spiro atoms. The molecule has 5 heteroatoms. The Kier molecular flexibility index (Phi) is 3.73. The van der Waals surface area contributed by atoms with Gasteiger partial charge in [0.1, 0.15) is 0 Å². The normalized spacial score (nSPS) is 27.1. The summed E-state index contributed by atoms with van der Waals surface area (Å²) in [7, 11) is 0. The van der Waals surface area contributed by atoms with Crippen LogP contribution < -0.4 is 5.32 Å². The first-order valence-corrected chi connectivity index (χ1v) is 7.39. The number of nitrogens with one attached hydrogen (secondary N) is 1. The van der Waals surface area contributed by atoms with Crippen molar-refractivity contribution in [2.45, 2.75) is 25.7 Å². The quantitative estimate of drug-likeness (QED) is 0.525. The smallest absolute Gasteiger partial charge is 0.271 e. The van der Waals surface area contributed by atoms with Gasteiger partial charge in [0.25, 0.3) is 5.69 Å². The second kappa shape index (κ2) is 5.68. The minimum absolute atomic E-state index is 0.00508. The summed E-state index contributed by atoms with van der Waals surface area (Å²) in [5.74, 6) is 0.805. The SMILES string of the molecule is O=C(Nc1cccc([N+](=O)[O-])c1)[C@H]1[C@H]2C=CCCCC[C@@H]21. The number of rotatable bonds is 3. The monoisotopic (exact) mass is 286 g/mol. The number of non-ortho nitro benzene ring substituents is 1. The zero-order chi connectivity index (χ0) is 14.8. The molecule has 2 aliphatic carbocycles. The summed E-state index contributed by atoms with van der Waals surface area (Å²) in [5.41, 5.74) is 0.493. The zero-order valence-electron chi connectivity index (χ0n) is 11.7. The van der Waals surface area contributed by atoms with E-state index in [1.165, 1.54) is 25.0 Å². The molecule has 1 saturated carbocycles. The van der Waals surface area contributed by atoms with E-state index in [1.54, 1.807) is 12.1 Å². The topological polar surface area (TPSA) is 72.2 Å². The predicted molar refractivity (Wildman–Crippen MR) is 79.8 cm³/mol. The number of hydrogen-bond donors (Lipinski definition) is 1. The second-order valence-corrected chi connectivity index (χ2v) is 5.78. The second-order valence-electron chi connectivity index (χ2n) is 5.78. The number of nitro benzene ring substituents is 1. The summed E-state index contributed by atoms with van der Waals surface area (Å²) in [4.78, 5) is 22.6. The third-order valence-corrected chi connectivity index (χ3v) is 4.37. The summed E-state index contributed by atoms with van der Waals surface area (Å²) >= 11 is 0. The Morgan fingerprint density at radius 1 is 1.33 bits per heavy atom. The standard InChI is InChI=1S/C16H18N2O3/c19-16(15-13-8-3-1-2-4-9-14(13)15)17-11-6-5-7-12(10-11)18(20)21/h3,5-8,10,13-15H,1-2,4,9H2,(H,17,19)/t13-,14-,15-/m0/s1. The summed E-state index contributed by atoms with van der Waals surface area (Å²) in [6.07, 6.45) is 8.91. The molecule has 21 heavy (non-hydrogen) atoms. The van der Waals surface area contributed by atoms with Gasteiger partial charge in [-0.3, -0.25) is 14.9 Å². The molecule has 0 aliphatic heterocycles. The fourth-order valence-electron chi connectivity index (χ4n) is 3.22. The van der Waals surface area contributed by atoms with Crippen molar-refractivity contribution < 1.29 is 9.72 Å². The molecule has 1 amide bonds. The Labute approximate surface area is 123 Å². The predicted octanol–water partition coefficient (Wildman–Crippen LogP) is 3.53. The Bertz CT molecular complexity index is 597. The van der Waals surface area contributed by atoms with E-state index in [9.17, 15) is 14.9 Å². The Morgan fingerprint density at radius 3 is 3.00 bits per heavy atom. The van der Waals surface area contributed by atoms with Crippen molar-refractivity contribution in [3.63, 3.8) is 0 Å². The Morgan fingerprint density at radius 2 is 2.19 bits per heavy atom. The summed E-state index contributed by atoms with van der Waals surface area (Å²) in [6.45, 7) is 0. The van der Waals surface area contributed by atoms with Crippen LogP contribution >= 0.6 is 0 Å². The number of anilines is 1. The van der Waals surface area contributed by atoms with Crippen molar-refractivity contribution in [2.75, 3.05) is 5.32 Å². The molecule has 0 heterocycles. The molecule has 0 aromatic heterocycles. The fraction of sp³-hybridized carbons (Fsp3) is 0.438. The molecule has 1 aromatic rings. The maximum atomic E-state index is 12.3. The van der Waals surface area contributed by atoms with Gasteiger partial charge in [-0.2, -0.15) is 0 Å². The summed E-state index contributed by atoms with van der Waals surface area (Å²) in [5, 5.41) is 13.6. The molecule has 3 rings (SSSR count). The van der Waals surface area contributed by atoms with Gasteiger partial charge in [-0.25, -0.2) is 0 Å². The third kappa shape index (κ3) is 2.96. The molecule has 0 unspecified atom stereocenters. The van der Waals surface area contributed by atoms with Crippen LogP contribution in [0.5, 0.6) is 0 Å². The lowest BCUT2D eigenvalue weighted by atomic mass is 10.1. The average molecular weight is 286 g/mol. The lowest BCUT2D eigenvalue weighted by Gasteiger charge is -2.04. The molecule has 5 nitrogen and oxygen atoms in total. The van der Waals surface area contributed by atoms with Gasteiger partial charge in [0, 0.05) is 23.7 Å². The van der Waals surface area contributed by atoms with E-state index >= 15 is 0 Å². The average Bonchev–Trinajstić information content (AvgIpc) is 3.10. The summed E-state index contributed by atoms with van der Waals surface area (Å²) in [6, 6.07) is 6.09. The van der Waals surface area contributed by atoms with Gasteiger partial charge in [0.2, 0.25) is 5.91 Å². The Hall–Kier alpha value is -2.17. The third-order valence-electron chi connectivity index (χ3n) is 4.37. The molecule has 2 aliphatic rings. The number of hydrogen-bond acceptors (Lipinski definition) is 3. The number of benzene rings is 1. The highest BCUT2D eigenvalue weighted by molar-refractivity contribution is 5.95. The largest absolute Gasteiger partial charge is 0.326 e. The number of nitrogens with zero attached hydrogens (tertiary/aromatic N) is 1. The molecular weight excluding hydrogens is 268 g/mol. The number of carbonyl (C=O) groups is 1. The highest BCUT2D eigenvalue weighted by Gasteiger charge is 2.52. The summed E-state index contributed by atoms with van der Waals surface area (Å²) < 4.78 is 0. The van der Waals surface area contributed by atoms with Crippen molar-refractivity contribution >= 4 is 17.3 Å². The van der Waals surface area contributed by atoms with E-state index in [4.69, 9.17) is 0 Å². The van der Waals surface area contributed by atoms with Crippen molar-refractivity contribution in [3.8, 4) is 0 Å². The lowest BCUT2D eigenvalue weighted by molar-refractivity contribution is -0.384. The van der Waals surface area contributed by atoms with E-state index in [-0.39, 0.29) is 17.5 Å². The van der Waals surface area contributed by atoms with Gasteiger partial charge >= 0.3 is 0 Å². The van der Waals surface area contributed by atoms with E-state index in [0.717, 1.165) is 12.8 Å². The van der Waals surface area contributed by atoms with E-state index in [0.29, 0.717) is 17.5 Å². The minimum atomic E-state index is -0.455. The first kappa shape index (κ1) is 13.8. The molecule has 1 N–H and O–H groups in total. The van der Waals surface area contributed by atoms with E-state index < -0.39 is 4.92 Å². The molecule has 1 aromatic carbocycles. The van der Waals surface area contributed by atoms with Gasteiger partial charge in [0.05, 0.1) is 4.92 Å². The van der Waals surface area contributed by atoms with Crippen LogP contribution in [0.25, 0.3) is 0 Å². The first-order valence-electron chi connectivity index (χ1n) is 7.39. The highest BCUT2D eigenvalue weighted by atomic mass is 16.6. The van der Waals surface area contributed by atoms with Crippen LogP contribution in [0.4, 0.5) is 11.4 Å². The van der Waals surface area contributed by atoms with Crippen molar-refractivity contribution in [2.24, 2.45) is 17.8 Å². The number of nitro groups is 1. The molecule has 0 saturated heterocycles. The maximum absolute atomic E-state index is 12.3. The van der Waals surface area contributed by atoms with E-state index in [2.05, 4.69) is 17.5 Å². The van der Waals surface area contributed by atoms with Crippen molar-refractivity contribution in [3.05, 3.63) is 46.5 Å². The van der Waals surface area contributed by atoms with Crippen LogP contribution in [-0.2, 0) is 4.79 Å². The van der Waals surface area contributed by atoms with Crippen LogP contribution in [0.3, 0.4) is 0 Å². The molecular formula is C16H18N2O3. The van der Waals surface area contributed by atoms with Crippen LogP contribution in [0, 0.1) is 27.9 Å². The zero-order valence-corrected chi connectivity index (χ0v) is 11.7. The van der Waals surface area contributed by atoms with Crippen molar-refractivity contribution in [1.29, 1.82) is 0 Å². The number of amides is 1. The molecule has 0 bridgehead atoms. The molecule has 1 fully saturated rings. The maximum Gasteiger partial charge on any atom is 0.271 e. The van der Waals surface area contributed by atoms with Crippen molar-refractivity contribution in [1.82, 2.24) is 0 Å². The van der Waals surface area contributed by atoms with Crippen LogP contribution in [0.2, 0.25) is 0 Å². The van der Waals surface area contributed by atoms with Crippen LogP contribution in [0.15, 0.2) is 36.4 Å².